The van der Waals surface area contributed by atoms with Crippen molar-refractivity contribution in [2.24, 2.45) is 10.9 Å². The molecule has 1 atom stereocenters. The van der Waals surface area contributed by atoms with Gasteiger partial charge in [-0.25, -0.2) is 0 Å². The Kier molecular flexibility index (Phi) is 4.73. The lowest BCUT2D eigenvalue weighted by Gasteiger charge is -2.12. The lowest BCUT2D eigenvalue weighted by molar-refractivity contribution is -0.617. The fourth-order valence-corrected chi connectivity index (χ4v) is 1.46. The Bertz CT molecular complexity index is 304. The molecule has 1 rings (SSSR count). The summed E-state index contributed by atoms with van der Waals surface area (Å²) in [4.78, 5) is 12.2. The van der Waals surface area contributed by atoms with Crippen molar-refractivity contribution >= 4 is 5.84 Å². The number of likely N-dealkylation sites (N-methyl/N-ethyl adjacent to an activating group) is 1. The minimum Gasteiger partial charge on any atom is -0.381 e. The van der Waals surface area contributed by atoms with E-state index in [1.165, 1.54) is 0 Å². The summed E-state index contributed by atoms with van der Waals surface area (Å²) < 4.78 is 31.4. The maximum Gasteiger partial charge on any atom is 0.571 e. The maximum absolute atomic E-state index is 13.1. The van der Waals surface area contributed by atoms with Gasteiger partial charge in [0, 0.05) is 25.6 Å². The van der Waals surface area contributed by atoms with Gasteiger partial charge in [-0.1, -0.05) is 0 Å². The monoisotopic (exact) mass is 251 g/mol. The van der Waals surface area contributed by atoms with Crippen molar-refractivity contribution in [3.05, 3.63) is 10.1 Å². The van der Waals surface area contributed by atoms with Gasteiger partial charge in [-0.3, -0.25) is 15.1 Å². The van der Waals surface area contributed by atoms with E-state index in [9.17, 15) is 18.9 Å². The summed E-state index contributed by atoms with van der Waals surface area (Å²) in [7, 11) is 0. The molecule has 0 spiro atoms. The largest absolute Gasteiger partial charge is 0.571 e. The predicted molar refractivity (Wildman–Crippen MR) is 56.8 cm³/mol. The van der Waals surface area contributed by atoms with Crippen LogP contribution in [-0.2, 0) is 4.74 Å². The van der Waals surface area contributed by atoms with Gasteiger partial charge < -0.3 is 10.1 Å². The minimum absolute atomic E-state index is 0.0613. The van der Waals surface area contributed by atoms with Crippen LogP contribution in [-0.4, -0.2) is 43.1 Å². The van der Waals surface area contributed by atoms with Gasteiger partial charge in [-0.15, -0.1) is 8.78 Å². The molecule has 1 aliphatic rings. The summed E-state index contributed by atoms with van der Waals surface area (Å²) in [6.07, 6.45) is 0.743. The van der Waals surface area contributed by atoms with E-state index in [4.69, 9.17) is 4.74 Å². The highest BCUT2D eigenvalue weighted by Gasteiger charge is 2.50. The number of rotatable bonds is 5. The number of nitrogens with zero attached hydrogens (tertiary/aromatic N) is 2. The normalized spacial score (nSPS) is 21.6. The fourth-order valence-electron chi connectivity index (χ4n) is 1.46. The number of nitrogens with one attached hydrogen (secondary N) is 1. The van der Waals surface area contributed by atoms with Crippen molar-refractivity contribution in [1.29, 1.82) is 0 Å². The van der Waals surface area contributed by atoms with E-state index in [-0.39, 0.29) is 19.0 Å². The summed E-state index contributed by atoms with van der Waals surface area (Å²) in [6.45, 7) is 2.90. The Labute approximate surface area is 97.2 Å². The van der Waals surface area contributed by atoms with Gasteiger partial charge in [0.15, 0.2) is 0 Å². The van der Waals surface area contributed by atoms with Crippen LogP contribution in [0.2, 0.25) is 0 Å². The molecule has 0 aromatic heterocycles. The lowest BCUT2D eigenvalue weighted by atomic mass is 10.1. The first kappa shape index (κ1) is 13.8. The van der Waals surface area contributed by atoms with Crippen LogP contribution in [0.1, 0.15) is 13.3 Å². The number of alkyl halides is 2. The van der Waals surface area contributed by atoms with Crippen LogP contribution in [0.15, 0.2) is 4.99 Å². The molecule has 0 aromatic carbocycles. The SMILES string of the molecule is CCNC(=NCC1CCOC1)C(F)(F)[N+](=O)[O-]. The topological polar surface area (TPSA) is 76.8 Å². The van der Waals surface area contributed by atoms with Gasteiger partial charge in [0.2, 0.25) is 0 Å². The lowest BCUT2D eigenvalue weighted by Crippen LogP contribution is -2.46. The molecule has 1 N–H and O–H groups in total. The van der Waals surface area contributed by atoms with Crippen LogP contribution in [0.5, 0.6) is 0 Å². The molecule has 1 saturated heterocycles. The number of hydrogen-bond acceptors (Lipinski definition) is 4. The second-order valence-corrected chi connectivity index (χ2v) is 3.75. The number of aliphatic imine (C=N–C) groups is 1. The molecular weight excluding hydrogens is 236 g/mol. The average molecular weight is 251 g/mol. The first-order chi connectivity index (χ1) is 7.98. The zero-order chi connectivity index (χ0) is 12.9. The van der Waals surface area contributed by atoms with E-state index in [0.717, 1.165) is 6.42 Å². The molecule has 6 nitrogen and oxygen atoms in total. The van der Waals surface area contributed by atoms with Gasteiger partial charge in [0.05, 0.1) is 6.61 Å². The zero-order valence-corrected chi connectivity index (χ0v) is 9.49. The highest BCUT2D eigenvalue weighted by molar-refractivity contribution is 5.87. The molecule has 0 amide bonds. The maximum atomic E-state index is 13.1. The fraction of sp³-hybridized carbons (Fsp3) is 0.889. The number of ether oxygens (including phenoxy) is 1. The van der Waals surface area contributed by atoms with E-state index in [1.54, 1.807) is 6.92 Å². The zero-order valence-electron chi connectivity index (χ0n) is 9.49. The molecule has 1 heterocycles. The van der Waals surface area contributed by atoms with Crippen molar-refractivity contribution < 1.29 is 18.4 Å². The third-order valence-electron chi connectivity index (χ3n) is 2.39. The Morgan fingerprint density at radius 2 is 2.41 bits per heavy atom. The number of amidine groups is 1. The molecule has 17 heavy (non-hydrogen) atoms. The second kappa shape index (κ2) is 5.85. The van der Waals surface area contributed by atoms with E-state index < -0.39 is 16.8 Å². The van der Waals surface area contributed by atoms with E-state index in [0.29, 0.717) is 13.2 Å². The number of hydrogen-bond donors (Lipinski definition) is 1. The molecule has 1 fully saturated rings. The molecule has 0 saturated carbocycles. The molecule has 98 valence electrons. The summed E-state index contributed by atoms with van der Waals surface area (Å²) in [5.41, 5.74) is 0. The first-order valence-electron chi connectivity index (χ1n) is 5.37. The van der Waals surface area contributed by atoms with E-state index >= 15 is 0 Å². The van der Waals surface area contributed by atoms with Crippen LogP contribution in [0.25, 0.3) is 0 Å². The Balaban J connectivity index is 2.69. The third kappa shape index (κ3) is 3.58. The Hall–Kier alpha value is -1.31. The van der Waals surface area contributed by atoms with Gasteiger partial charge in [0.1, 0.15) is 4.92 Å². The van der Waals surface area contributed by atoms with Crippen molar-refractivity contribution in [2.45, 2.75) is 19.4 Å². The molecular formula is C9H15F2N3O3. The van der Waals surface area contributed by atoms with Crippen molar-refractivity contribution in [3.8, 4) is 0 Å². The third-order valence-corrected chi connectivity index (χ3v) is 2.39. The first-order valence-corrected chi connectivity index (χ1v) is 5.37. The molecule has 0 bridgehead atoms. The quantitative estimate of drug-likeness (QED) is 0.259. The summed E-state index contributed by atoms with van der Waals surface area (Å²) >= 11 is 0. The summed E-state index contributed by atoms with van der Waals surface area (Å²) in [6, 6.07) is -4.16. The Morgan fingerprint density at radius 1 is 1.71 bits per heavy atom. The second-order valence-electron chi connectivity index (χ2n) is 3.75. The van der Waals surface area contributed by atoms with Gasteiger partial charge >= 0.3 is 6.05 Å². The van der Waals surface area contributed by atoms with Crippen LogP contribution in [0.4, 0.5) is 8.78 Å². The summed E-state index contributed by atoms with van der Waals surface area (Å²) in [5.74, 6) is -0.817. The molecule has 0 aromatic rings. The number of halogens is 2. The highest BCUT2D eigenvalue weighted by Crippen LogP contribution is 2.17. The van der Waals surface area contributed by atoms with Gasteiger partial charge in [0.25, 0.3) is 5.84 Å². The molecule has 0 radical (unpaired) electrons. The molecule has 0 aliphatic carbocycles. The van der Waals surface area contributed by atoms with Gasteiger partial charge in [-0.05, 0) is 13.3 Å². The van der Waals surface area contributed by atoms with Crippen LogP contribution in [0.3, 0.4) is 0 Å². The average Bonchev–Trinajstić information content (AvgIpc) is 2.76. The number of nitro groups is 1. The Morgan fingerprint density at radius 3 is 2.88 bits per heavy atom. The van der Waals surface area contributed by atoms with Crippen molar-refractivity contribution in [3.63, 3.8) is 0 Å². The van der Waals surface area contributed by atoms with Crippen LogP contribution in [0, 0.1) is 16.0 Å². The van der Waals surface area contributed by atoms with E-state index in [1.807, 2.05) is 0 Å². The van der Waals surface area contributed by atoms with Gasteiger partial charge in [-0.2, -0.15) is 0 Å². The highest BCUT2D eigenvalue weighted by atomic mass is 19.3. The van der Waals surface area contributed by atoms with Crippen LogP contribution < -0.4 is 5.32 Å². The smallest absolute Gasteiger partial charge is 0.381 e. The molecule has 1 unspecified atom stereocenters. The van der Waals surface area contributed by atoms with Crippen LogP contribution >= 0.6 is 0 Å². The predicted octanol–water partition coefficient (Wildman–Crippen LogP) is 0.900. The van der Waals surface area contributed by atoms with E-state index in [2.05, 4.69) is 10.3 Å². The standard InChI is InChI=1S/C9H15F2N3O3/c1-2-12-8(9(10,11)14(15)16)13-5-7-3-4-17-6-7/h7H,2-6H2,1H3,(H,12,13). The van der Waals surface area contributed by atoms with Crippen molar-refractivity contribution in [1.82, 2.24) is 5.32 Å². The molecule has 8 heteroatoms. The molecule has 1 aliphatic heterocycles. The minimum atomic E-state index is -4.16. The van der Waals surface area contributed by atoms with Crippen molar-refractivity contribution in [2.75, 3.05) is 26.3 Å². The summed E-state index contributed by atoms with van der Waals surface area (Å²) in [5, 5.41) is 12.5.